The van der Waals surface area contributed by atoms with Crippen LogP contribution in [-0.4, -0.2) is 27.8 Å². The van der Waals surface area contributed by atoms with Crippen molar-refractivity contribution in [1.29, 1.82) is 0 Å². The van der Waals surface area contributed by atoms with Crippen molar-refractivity contribution in [3.05, 3.63) is 76.3 Å². The van der Waals surface area contributed by atoms with Gasteiger partial charge in [0.2, 0.25) is 5.91 Å². The van der Waals surface area contributed by atoms with Crippen LogP contribution < -0.4 is 15.6 Å². The fourth-order valence-electron chi connectivity index (χ4n) is 2.84. The average Bonchev–Trinajstić information content (AvgIpc) is 2.70. The number of carbonyl (C=O) groups is 1. The van der Waals surface area contributed by atoms with Gasteiger partial charge in [-0.2, -0.15) is 0 Å². The van der Waals surface area contributed by atoms with Gasteiger partial charge in [-0.3, -0.25) is 14.2 Å². The van der Waals surface area contributed by atoms with Crippen LogP contribution in [0.5, 0.6) is 5.75 Å². The first kappa shape index (κ1) is 20.7. The minimum absolute atomic E-state index is 0.100. The van der Waals surface area contributed by atoms with Crippen molar-refractivity contribution < 1.29 is 9.53 Å². The Morgan fingerprint density at radius 2 is 1.93 bits per heavy atom. The molecule has 0 saturated heterocycles. The Balaban J connectivity index is 1.69. The van der Waals surface area contributed by atoms with Crippen molar-refractivity contribution in [3.63, 3.8) is 0 Å². The summed E-state index contributed by atoms with van der Waals surface area (Å²) in [5.74, 6) is 0.665. The van der Waals surface area contributed by atoms with E-state index in [0.717, 1.165) is 34.3 Å². The highest BCUT2D eigenvalue weighted by Gasteiger charge is 2.11. The third-order valence-electron chi connectivity index (χ3n) is 4.23. The van der Waals surface area contributed by atoms with Crippen LogP contribution in [0.4, 0.5) is 5.69 Å². The number of hydrogen-bond donors (Lipinski definition) is 1. The summed E-state index contributed by atoms with van der Waals surface area (Å²) in [7, 11) is 0. The van der Waals surface area contributed by atoms with Crippen molar-refractivity contribution in [2.75, 3.05) is 17.7 Å². The van der Waals surface area contributed by atoms with Crippen molar-refractivity contribution in [3.8, 4) is 11.4 Å². The minimum Gasteiger partial charge on any atom is -0.494 e. The normalized spacial score (nSPS) is 10.6. The number of anilines is 1. The van der Waals surface area contributed by atoms with Gasteiger partial charge in [0, 0.05) is 23.8 Å². The Hall–Kier alpha value is -3.06. The quantitative estimate of drug-likeness (QED) is 0.598. The predicted molar refractivity (Wildman–Crippen MR) is 116 cm³/mol. The number of hydrogen-bond acceptors (Lipinski definition) is 5. The van der Waals surface area contributed by atoms with Gasteiger partial charge in [0.25, 0.3) is 5.56 Å². The number of nitrogens with one attached hydrogen (secondary N) is 1. The number of nitrogens with zero attached hydrogens (tertiary/aromatic N) is 2. The lowest BCUT2D eigenvalue weighted by atomic mass is 10.1. The summed E-state index contributed by atoms with van der Waals surface area (Å²) in [5, 5.41) is 3.16. The molecule has 0 atom stereocenters. The number of benzene rings is 2. The lowest BCUT2D eigenvalue weighted by Gasteiger charge is -2.10. The monoisotopic (exact) mass is 409 g/mol. The molecule has 0 bridgehead atoms. The molecule has 7 heteroatoms. The van der Waals surface area contributed by atoms with Crippen LogP contribution in [0.25, 0.3) is 5.69 Å². The standard InChI is InChI=1S/C22H23N3O3S/c1-4-28-18-8-6-17(7-9-18)25-12-11-23-21(22(25)27)29-14-20(26)24-19-10-5-15(2)13-16(19)3/h5-13H,4,14H2,1-3H3,(H,24,26). The number of carbonyl (C=O) groups excluding carboxylic acids is 1. The topological polar surface area (TPSA) is 73.2 Å². The maximum Gasteiger partial charge on any atom is 0.287 e. The fourth-order valence-corrected chi connectivity index (χ4v) is 3.54. The Morgan fingerprint density at radius 3 is 2.62 bits per heavy atom. The van der Waals surface area contributed by atoms with Gasteiger partial charge < -0.3 is 10.1 Å². The highest BCUT2D eigenvalue weighted by molar-refractivity contribution is 7.99. The molecule has 0 unspecified atom stereocenters. The molecule has 0 fully saturated rings. The molecular formula is C22H23N3O3S. The summed E-state index contributed by atoms with van der Waals surface area (Å²) in [5.41, 5.74) is 3.36. The smallest absolute Gasteiger partial charge is 0.287 e. The van der Waals surface area contributed by atoms with E-state index in [1.807, 2.05) is 63.2 Å². The first-order valence-corrected chi connectivity index (χ1v) is 10.3. The Kier molecular flexibility index (Phi) is 6.72. The van der Waals surface area contributed by atoms with E-state index in [4.69, 9.17) is 4.74 Å². The van der Waals surface area contributed by atoms with Gasteiger partial charge in [-0.1, -0.05) is 29.5 Å². The zero-order chi connectivity index (χ0) is 20.8. The molecule has 0 aliphatic heterocycles. The number of amides is 1. The maximum absolute atomic E-state index is 12.8. The van der Waals surface area contributed by atoms with Crippen molar-refractivity contribution in [2.45, 2.75) is 25.8 Å². The second-order valence-corrected chi connectivity index (χ2v) is 7.45. The molecule has 2 aromatic carbocycles. The molecule has 0 radical (unpaired) electrons. The third kappa shape index (κ3) is 5.26. The Morgan fingerprint density at radius 1 is 1.17 bits per heavy atom. The number of aryl methyl sites for hydroxylation is 2. The van der Waals surface area contributed by atoms with Gasteiger partial charge in [0.15, 0.2) is 5.03 Å². The zero-order valence-corrected chi connectivity index (χ0v) is 17.5. The van der Waals surface area contributed by atoms with Crippen LogP contribution in [0.2, 0.25) is 0 Å². The summed E-state index contributed by atoms with van der Waals surface area (Å²) in [6.07, 6.45) is 3.17. The van der Waals surface area contributed by atoms with E-state index in [1.54, 1.807) is 12.4 Å². The van der Waals surface area contributed by atoms with Crippen LogP contribution in [0.1, 0.15) is 18.1 Å². The van der Waals surface area contributed by atoms with Gasteiger partial charge in [-0.15, -0.1) is 0 Å². The zero-order valence-electron chi connectivity index (χ0n) is 16.6. The lowest BCUT2D eigenvalue weighted by molar-refractivity contribution is -0.113. The summed E-state index contributed by atoms with van der Waals surface area (Å²) < 4.78 is 6.94. The molecule has 0 spiro atoms. The molecule has 6 nitrogen and oxygen atoms in total. The number of aromatic nitrogens is 2. The highest BCUT2D eigenvalue weighted by atomic mass is 32.2. The number of ether oxygens (including phenoxy) is 1. The first-order chi connectivity index (χ1) is 14.0. The molecule has 0 aliphatic rings. The van der Waals surface area contributed by atoms with Crippen LogP contribution in [0, 0.1) is 13.8 Å². The molecule has 0 aliphatic carbocycles. The van der Waals surface area contributed by atoms with E-state index in [0.29, 0.717) is 12.3 Å². The van der Waals surface area contributed by atoms with Crippen molar-refractivity contribution in [2.24, 2.45) is 0 Å². The molecule has 29 heavy (non-hydrogen) atoms. The second-order valence-electron chi connectivity index (χ2n) is 6.49. The van der Waals surface area contributed by atoms with Crippen LogP contribution in [0.3, 0.4) is 0 Å². The summed E-state index contributed by atoms with van der Waals surface area (Å²) in [4.78, 5) is 29.2. The predicted octanol–water partition coefficient (Wildman–Crippen LogP) is 3.98. The number of rotatable bonds is 7. The molecule has 1 amide bonds. The van der Waals surface area contributed by atoms with E-state index >= 15 is 0 Å². The molecule has 3 aromatic rings. The minimum atomic E-state index is -0.263. The van der Waals surface area contributed by atoms with Crippen LogP contribution in [0.15, 0.2) is 64.7 Å². The highest BCUT2D eigenvalue weighted by Crippen LogP contribution is 2.18. The van der Waals surface area contributed by atoms with E-state index in [2.05, 4.69) is 10.3 Å². The van der Waals surface area contributed by atoms with E-state index < -0.39 is 0 Å². The van der Waals surface area contributed by atoms with E-state index in [1.165, 1.54) is 4.57 Å². The maximum atomic E-state index is 12.8. The van der Waals surface area contributed by atoms with Crippen LogP contribution in [-0.2, 0) is 4.79 Å². The average molecular weight is 410 g/mol. The number of thioether (sulfide) groups is 1. The van der Waals surface area contributed by atoms with Crippen molar-refractivity contribution in [1.82, 2.24) is 9.55 Å². The molecule has 3 rings (SSSR count). The molecular weight excluding hydrogens is 386 g/mol. The van der Waals surface area contributed by atoms with E-state index in [-0.39, 0.29) is 22.2 Å². The molecule has 1 N–H and O–H groups in total. The Labute approximate surface area is 173 Å². The molecule has 150 valence electrons. The fraction of sp³-hybridized carbons (Fsp3) is 0.227. The van der Waals surface area contributed by atoms with E-state index in [9.17, 15) is 9.59 Å². The second kappa shape index (κ2) is 9.43. The van der Waals surface area contributed by atoms with Gasteiger partial charge in [0.05, 0.1) is 12.4 Å². The Bertz CT molecular complexity index is 1060. The summed E-state index contributed by atoms with van der Waals surface area (Å²) in [6, 6.07) is 13.1. The largest absolute Gasteiger partial charge is 0.494 e. The van der Waals surface area contributed by atoms with Gasteiger partial charge in [-0.25, -0.2) is 4.98 Å². The summed E-state index contributed by atoms with van der Waals surface area (Å²) >= 11 is 1.12. The van der Waals surface area contributed by atoms with Gasteiger partial charge in [-0.05, 0) is 56.7 Å². The SMILES string of the molecule is CCOc1ccc(-n2ccnc(SCC(=O)Nc3ccc(C)cc3C)c2=O)cc1. The lowest BCUT2D eigenvalue weighted by Crippen LogP contribution is -2.22. The van der Waals surface area contributed by atoms with Gasteiger partial charge in [0.1, 0.15) is 5.75 Å². The summed E-state index contributed by atoms with van der Waals surface area (Å²) in [6.45, 7) is 6.45. The van der Waals surface area contributed by atoms with Crippen molar-refractivity contribution >= 4 is 23.4 Å². The molecule has 1 heterocycles. The third-order valence-corrected chi connectivity index (χ3v) is 5.19. The molecule has 0 saturated carbocycles. The van der Waals surface area contributed by atoms with Gasteiger partial charge >= 0.3 is 0 Å². The first-order valence-electron chi connectivity index (χ1n) is 9.28. The molecule has 1 aromatic heterocycles. The van der Waals surface area contributed by atoms with Crippen LogP contribution >= 0.6 is 11.8 Å².